The second-order valence-electron chi connectivity index (χ2n) is 14.5. The van der Waals surface area contributed by atoms with Crippen LogP contribution in [-0.2, 0) is 23.8 Å². The zero-order chi connectivity index (χ0) is 36.8. The number of hydrogen-bond acceptors (Lipinski definition) is 7. The summed E-state index contributed by atoms with van der Waals surface area (Å²) in [6, 6.07) is 0. The van der Waals surface area contributed by atoms with E-state index in [2.05, 4.69) is 31.3 Å². The molecule has 0 fully saturated rings. The molecule has 8 heteroatoms. The molecule has 0 radical (unpaired) electrons. The number of esters is 2. The molecule has 0 aromatic heterocycles. The Morgan fingerprint density at radius 2 is 0.940 bits per heavy atom. The number of rotatable bonds is 37. The molecule has 0 aliphatic heterocycles. The normalized spacial score (nSPS) is 12.0. The summed E-state index contributed by atoms with van der Waals surface area (Å²) in [7, 11) is 3.84. The Hall–Kier alpha value is -2.09. The molecule has 0 saturated heterocycles. The quantitative estimate of drug-likeness (QED) is 0.0297. The number of nitrogens with one attached hydrogen (secondary N) is 1. The molecule has 1 atom stereocenters. The van der Waals surface area contributed by atoms with Crippen molar-refractivity contribution in [3.05, 3.63) is 12.2 Å². The molecule has 50 heavy (non-hydrogen) atoms. The van der Waals surface area contributed by atoms with Gasteiger partial charge in [0.25, 0.3) is 0 Å². The minimum atomic E-state index is -0.817. The van der Waals surface area contributed by atoms with E-state index in [0.29, 0.717) is 25.9 Å². The van der Waals surface area contributed by atoms with Gasteiger partial charge in [-0.15, -0.1) is 0 Å². The summed E-state index contributed by atoms with van der Waals surface area (Å²) in [5.74, 6) is -0.654. The molecular formula is C42H80N2O6. The summed E-state index contributed by atoms with van der Waals surface area (Å²) in [6.07, 6.45) is 35.7. The largest absolute Gasteiger partial charge is 0.462 e. The molecule has 0 aromatic carbocycles. The molecule has 0 rings (SSSR count). The number of alkyl carbamates (subject to hydrolysis) is 1. The van der Waals surface area contributed by atoms with Crippen LogP contribution < -0.4 is 5.32 Å². The fourth-order valence-electron chi connectivity index (χ4n) is 5.85. The van der Waals surface area contributed by atoms with Crippen molar-refractivity contribution in [3.63, 3.8) is 0 Å². The van der Waals surface area contributed by atoms with E-state index in [1.807, 2.05) is 19.0 Å². The molecule has 1 N–H and O–H groups in total. The van der Waals surface area contributed by atoms with E-state index in [0.717, 1.165) is 44.9 Å². The Morgan fingerprint density at radius 3 is 1.40 bits per heavy atom. The molecule has 0 heterocycles. The molecule has 0 aromatic rings. The lowest BCUT2D eigenvalue weighted by molar-refractivity contribution is -0.161. The van der Waals surface area contributed by atoms with Gasteiger partial charge >= 0.3 is 18.0 Å². The minimum absolute atomic E-state index is 0.112. The maximum atomic E-state index is 12.6. The third-order valence-corrected chi connectivity index (χ3v) is 9.08. The third-order valence-electron chi connectivity index (χ3n) is 9.08. The summed E-state index contributed by atoms with van der Waals surface area (Å²) < 4.78 is 16.3. The van der Waals surface area contributed by atoms with Gasteiger partial charge in [0.1, 0.15) is 13.2 Å². The van der Waals surface area contributed by atoms with E-state index < -0.39 is 12.2 Å². The first-order valence-electron chi connectivity index (χ1n) is 20.9. The van der Waals surface area contributed by atoms with E-state index in [1.165, 1.54) is 122 Å². The van der Waals surface area contributed by atoms with Crippen LogP contribution >= 0.6 is 0 Å². The zero-order valence-corrected chi connectivity index (χ0v) is 33.3. The van der Waals surface area contributed by atoms with Crippen molar-refractivity contribution in [2.24, 2.45) is 0 Å². The molecule has 0 bridgehead atoms. The molecule has 0 aliphatic rings. The lowest BCUT2D eigenvalue weighted by Crippen LogP contribution is -2.36. The summed E-state index contributed by atoms with van der Waals surface area (Å²) in [5.41, 5.74) is 0. The molecule has 0 aliphatic carbocycles. The topological polar surface area (TPSA) is 94.2 Å². The van der Waals surface area contributed by atoms with Gasteiger partial charge in [-0.05, 0) is 52.6 Å². The van der Waals surface area contributed by atoms with Crippen LogP contribution in [0.25, 0.3) is 0 Å². The summed E-state index contributed by atoms with van der Waals surface area (Å²) in [6.45, 7) is 5.37. The average molecular weight is 709 g/mol. The third kappa shape index (κ3) is 37.2. The van der Waals surface area contributed by atoms with Crippen LogP contribution in [0.5, 0.6) is 0 Å². The fraction of sp³-hybridized carbons (Fsp3) is 0.881. The first-order valence-corrected chi connectivity index (χ1v) is 20.9. The highest BCUT2D eigenvalue weighted by Crippen LogP contribution is 2.14. The van der Waals surface area contributed by atoms with Gasteiger partial charge < -0.3 is 24.4 Å². The number of allylic oxidation sites excluding steroid dienone is 2. The smallest absolute Gasteiger partial charge is 0.407 e. The summed E-state index contributed by atoms with van der Waals surface area (Å²) in [5, 5.41) is 2.68. The molecule has 8 nitrogen and oxygen atoms in total. The number of unbranched alkanes of at least 4 members (excludes halogenated alkanes) is 23. The van der Waals surface area contributed by atoms with Crippen LogP contribution in [0.3, 0.4) is 0 Å². The van der Waals surface area contributed by atoms with E-state index in [9.17, 15) is 14.4 Å². The van der Waals surface area contributed by atoms with Gasteiger partial charge in [-0.3, -0.25) is 9.59 Å². The van der Waals surface area contributed by atoms with Gasteiger partial charge in [-0.1, -0.05) is 154 Å². The SMILES string of the molecule is CCCCCCCC/C=C\CCCCCCCC(=O)OCC(COC(=O)NCCN(C)C)OC(=O)CCCCCCCCCCCCCCC. The molecule has 1 amide bonds. The van der Waals surface area contributed by atoms with Gasteiger partial charge in [0.2, 0.25) is 0 Å². The fourth-order valence-corrected chi connectivity index (χ4v) is 5.85. The Balaban J connectivity index is 4.19. The maximum absolute atomic E-state index is 12.6. The highest BCUT2D eigenvalue weighted by Gasteiger charge is 2.19. The predicted molar refractivity (Wildman–Crippen MR) is 209 cm³/mol. The van der Waals surface area contributed by atoms with E-state index in [1.54, 1.807) is 0 Å². The van der Waals surface area contributed by atoms with Crippen molar-refractivity contribution in [1.29, 1.82) is 0 Å². The average Bonchev–Trinajstić information content (AvgIpc) is 3.09. The van der Waals surface area contributed by atoms with Crippen LogP contribution in [0.15, 0.2) is 12.2 Å². The van der Waals surface area contributed by atoms with Crippen LogP contribution in [0, 0.1) is 0 Å². The van der Waals surface area contributed by atoms with Crippen molar-refractivity contribution in [2.45, 2.75) is 200 Å². The maximum Gasteiger partial charge on any atom is 0.407 e. The van der Waals surface area contributed by atoms with Crippen molar-refractivity contribution in [3.8, 4) is 0 Å². The lowest BCUT2D eigenvalue weighted by Gasteiger charge is -2.18. The second kappa shape index (κ2) is 38.1. The standard InChI is InChI=1S/C42H80N2O6/c1-5-7-9-11-13-15-17-19-20-22-23-25-27-29-31-33-40(45)48-37-39(38-49-42(47)43-35-36-44(3)4)50-41(46)34-32-30-28-26-24-21-18-16-14-12-10-8-6-2/h19-20,39H,5-18,21-38H2,1-4H3,(H,43,47)/b20-19-. The number of ether oxygens (including phenoxy) is 3. The minimum Gasteiger partial charge on any atom is -0.462 e. The van der Waals surface area contributed by atoms with Crippen molar-refractivity contribution < 1.29 is 28.6 Å². The van der Waals surface area contributed by atoms with Gasteiger partial charge in [0.05, 0.1) is 0 Å². The van der Waals surface area contributed by atoms with Crippen molar-refractivity contribution in [2.75, 3.05) is 40.4 Å². The molecule has 1 unspecified atom stereocenters. The molecule has 0 spiro atoms. The monoisotopic (exact) mass is 709 g/mol. The predicted octanol–water partition coefficient (Wildman–Crippen LogP) is 11.2. The highest BCUT2D eigenvalue weighted by atomic mass is 16.6. The summed E-state index contributed by atoms with van der Waals surface area (Å²) >= 11 is 0. The molecule has 0 saturated carbocycles. The van der Waals surface area contributed by atoms with E-state index in [4.69, 9.17) is 14.2 Å². The highest BCUT2D eigenvalue weighted by molar-refractivity contribution is 5.70. The van der Waals surface area contributed by atoms with Crippen LogP contribution in [0.4, 0.5) is 4.79 Å². The zero-order valence-electron chi connectivity index (χ0n) is 33.3. The first kappa shape index (κ1) is 47.9. The van der Waals surface area contributed by atoms with E-state index >= 15 is 0 Å². The first-order chi connectivity index (χ1) is 24.4. The number of amides is 1. The summed E-state index contributed by atoms with van der Waals surface area (Å²) in [4.78, 5) is 39.1. The van der Waals surface area contributed by atoms with Gasteiger partial charge in [-0.2, -0.15) is 0 Å². The van der Waals surface area contributed by atoms with Crippen LogP contribution in [0.1, 0.15) is 194 Å². The van der Waals surface area contributed by atoms with Gasteiger partial charge in [-0.25, -0.2) is 4.79 Å². The van der Waals surface area contributed by atoms with Crippen molar-refractivity contribution >= 4 is 18.0 Å². The Kier molecular flexibility index (Phi) is 36.6. The Morgan fingerprint density at radius 1 is 0.540 bits per heavy atom. The Bertz CT molecular complexity index is 803. The number of carbonyl (C=O) groups excluding carboxylic acids is 3. The molecule has 294 valence electrons. The molecular weight excluding hydrogens is 628 g/mol. The van der Waals surface area contributed by atoms with Crippen LogP contribution in [0.2, 0.25) is 0 Å². The lowest BCUT2D eigenvalue weighted by atomic mass is 10.0. The van der Waals surface area contributed by atoms with E-state index in [-0.39, 0.29) is 25.2 Å². The Labute approximate surface area is 308 Å². The van der Waals surface area contributed by atoms with Gasteiger partial charge in [0, 0.05) is 25.9 Å². The van der Waals surface area contributed by atoms with Crippen molar-refractivity contribution in [1.82, 2.24) is 10.2 Å². The second-order valence-corrected chi connectivity index (χ2v) is 14.5. The number of carbonyl (C=O) groups is 3. The number of likely N-dealkylation sites (N-methyl/N-ethyl adjacent to an activating group) is 1. The van der Waals surface area contributed by atoms with Gasteiger partial charge in [0.15, 0.2) is 6.10 Å². The number of nitrogens with zero attached hydrogens (tertiary/aromatic N) is 1. The number of hydrogen-bond donors (Lipinski definition) is 1. The van der Waals surface area contributed by atoms with Crippen LogP contribution in [-0.4, -0.2) is 69.4 Å².